The van der Waals surface area contributed by atoms with Crippen LogP contribution in [0.4, 0.5) is 5.69 Å². The number of hydrazine groups is 1. The van der Waals surface area contributed by atoms with Crippen molar-refractivity contribution >= 4 is 33.5 Å². The molecule has 1 fully saturated rings. The summed E-state index contributed by atoms with van der Waals surface area (Å²) in [6.45, 7) is -0.0797. The summed E-state index contributed by atoms with van der Waals surface area (Å²) in [6, 6.07) is 18.1. The number of benzene rings is 2. The lowest BCUT2D eigenvalue weighted by atomic mass is 10.2. The summed E-state index contributed by atoms with van der Waals surface area (Å²) in [7, 11) is 0. The number of anilines is 1. The van der Waals surface area contributed by atoms with Gasteiger partial charge in [-0.25, -0.2) is 10.4 Å². The molecular weight excluding hydrogens is 396 g/mol. The minimum absolute atomic E-state index is 0.0797. The van der Waals surface area contributed by atoms with E-state index in [9.17, 15) is 9.59 Å². The van der Waals surface area contributed by atoms with Gasteiger partial charge in [0.15, 0.2) is 0 Å². The molecule has 0 radical (unpaired) electrons. The average molecular weight is 417 g/mol. The molecule has 6 heteroatoms. The largest absolute Gasteiger partial charge is 0.460 e. The number of nitrogens with one attached hydrogen (secondary N) is 1. The molecule has 26 heavy (non-hydrogen) atoms. The molecule has 2 aromatic rings. The number of halogens is 1. The van der Waals surface area contributed by atoms with E-state index in [-0.39, 0.29) is 29.4 Å². The molecule has 2 aromatic carbocycles. The molecule has 0 aliphatic heterocycles. The van der Waals surface area contributed by atoms with Gasteiger partial charge in [-0.05, 0) is 43.5 Å². The molecule has 1 aliphatic carbocycles. The number of esters is 1. The molecule has 5 nitrogen and oxygen atoms in total. The summed E-state index contributed by atoms with van der Waals surface area (Å²) in [5.41, 5.74) is 4.11. The van der Waals surface area contributed by atoms with E-state index in [1.54, 1.807) is 24.3 Å². The third kappa shape index (κ3) is 4.71. The average Bonchev–Trinajstić information content (AvgIpc) is 3.08. The van der Waals surface area contributed by atoms with Crippen LogP contribution in [-0.4, -0.2) is 29.4 Å². The molecule has 136 valence electrons. The summed E-state index contributed by atoms with van der Waals surface area (Å²) in [6.07, 6.45) is 2.82. The first-order valence-electron chi connectivity index (χ1n) is 8.67. The van der Waals surface area contributed by atoms with Crippen LogP contribution in [0.3, 0.4) is 0 Å². The molecule has 0 heterocycles. The van der Waals surface area contributed by atoms with Gasteiger partial charge in [-0.2, -0.15) is 0 Å². The Balaban J connectivity index is 1.68. The van der Waals surface area contributed by atoms with E-state index in [0.29, 0.717) is 11.3 Å². The van der Waals surface area contributed by atoms with Gasteiger partial charge in [0.25, 0.3) is 5.91 Å². The van der Waals surface area contributed by atoms with Gasteiger partial charge >= 0.3 is 5.97 Å². The van der Waals surface area contributed by atoms with E-state index < -0.39 is 0 Å². The molecular formula is C20H21BrN2O3. The van der Waals surface area contributed by atoms with Crippen LogP contribution in [0.2, 0.25) is 0 Å². The maximum Gasteiger partial charge on any atom is 0.322 e. The Morgan fingerprint density at radius 3 is 2.31 bits per heavy atom. The molecule has 0 saturated heterocycles. The number of amides is 1. The molecule has 0 aromatic heterocycles. The van der Waals surface area contributed by atoms with Gasteiger partial charge in [0.05, 0.1) is 10.5 Å². The summed E-state index contributed by atoms with van der Waals surface area (Å²) >= 11 is 3.54. The fourth-order valence-corrected chi connectivity index (χ4v) is 3.63. The molecule has 0 unspecified atom stereocenters. The molecule has 1 aliphatic rings. The first-order valence-corrected chi connectivity index (χ1v) is 9.58. The molecule has 3 rings (SSSR count). The minimum Gasteiger partial charge on any atom is -0.460 e. The lowest BCUT2D eigenvalue weighted by Crippen LogP contribution is -2.46. The summed E-state index contributed by atoms with van der Waals surface area (Å²) in [4.78, 5) is 25.3. The van der Waals surface area contributed by atoms with Crippen LogP contribution in [0.1, 0.15) is 29.6 Å². The van der Waals surface area contributed by atoms with Gasteiger partial charge < -0.3 is 4.74 Å². The normalized spacial score (nSPS) is 19.1. The highest BCUT2D eigenvalue weighted by Gasteiger charge is 2.28. The van der Waals surface area contributed by atoms with Crippen LogP contribution in [0.25, 0.3) is 0 Å². The SMILES string of the molecule is O=C(CNN(C(=O)c1ccccc1)c1ccccc1)O[C@@H]1CCC[C@H]1Br. The molecule has 1 saturated carbocycles. The standard InChI is InChI=1S/C20H21BrN2O3/c21-17-12-7-13-18(17)26-19(24)14-22-23(16-10-5-2-6-11-16)20(25)15-8-3-1-4-9-15/h1-6,8-11,17-18,22H,7,12-14H2/t17-,18-/m1/s1. The molecule has 0 spiro atoms. The van der Waals surface area contributed by atoms with E-state index in [1.807, 2.05) is 36.4 Å². The highest BCUT2D eigenvalue weighted by atomic mass is 79.9. The van der Waals surface area contributed by atoms with Gasteiger partial charge in [0, 0.05) is 5.56 Å². The highest BCUT2D eigenvalue weighted by molar-refractivity contribution is 9.09. The Labute approximate surface area is 161 Å². The number of nitrogens with zero attached hydrogens (tertiary/aromatic N) is 1. The van der Waals surface area contributed by atoms with E-state index in [4.69, 9.17) is 4.74 Å². The predicted molar refractivity (Wildman–Crippen MR) is 104 cm³/mol. The van der Waals surface area contributed by atoms with Crippen molar-refractivity contribution in [1.29, 1.82) is 0 Å². The fraction of sp³-hybridized carbons (Fsp3) is 0.300. The van der Waals surface area contributed by atoms with Crippen LogP contribution in [0.15, 0.2) is 60.7 Å². The Bertz CT molecular complexity index is 739. The van der Waals surface area contributed by atoms with Crippen molar-refractivity contribution in [3.8, 4) is 0 Å². The van der Waals surface area contributed by atoms with Gasteiger partial charge in [-0.15, -0.1) is 0 Å². The van der Waals surface area contributed by atoms with Crippen molar-refractivity contribution in [1.82, 2.24) is 5.43 Å². The van der Waals surface area contributed by atoms with Crippen molar-refractivity contribution in [2.24, 2.45) is 0 Å². The van der Waals surface area contributed by atoms with E-state index in [2.05, 4.69) is 21.4 Å². The molecule has 0 bridgehead atoms. The van der Waals surface area contributed by atoms with Crippen LogP contribution in [0, 0.1) is 0 Å². The van der Waals surface area contributed by atoms with Crippen molar-refractivity contribution in [3.63, 3.8) is 0 Å². The fourth-order valence-electron chi connectivity index (χ4n) is 2.93. The van der Waals surface area contributed by atoms with Crippen LogP contribution in [0.5, 0.6) is 0 Å². The lowest BCUT2D eigenvalue weighted by molar-refractivity contribution is -0.147. The number of hydrogen-bond acceptors (Lipinski definition) is 4. The van der Waals surface area contributed by atoms with E-state index in [0.717, 1.165) is 19.3 Å². The Kier molecular flexibility index (Phi) is 6.41. The number of ether oxygens (including phenoxy) is 1. The Morgan fingerprint density at radius 2 is 1.69 bits per heavy atom. The molecule has 2 atom stereocenters. The predicted octanol–water partition coefficient (Wildman–Crippen LogP) is 3.70. The first-order chi connectivity index (χ1) is 12.6. The van der Waals surface area contributed by atoms with Crippen LogP contribution < -0.4 is 10.4 Å². The van der Waals surface area contributed by atoms with Gasteiger partial charge in [-0.3, -0.25) is 9.59 Å². The second-order valence-electron chi connectivity index (χ2n) is 6.15. The van der Waals surface area contributed by atoms with Crippen molar-refractivity contribution in [2.75, 3.05) is 11.6 Å². The zero-order chi connectivity index (χ0) is 18.4. The van der Waals surface area contributed by atoms with Crippen molar-refractivity contribution in [3.05, 3.63) is 66.2 Å². The summed E-state index contributed by atoms with van der Waals surface area (Å²) in [5, 5.41) is 1.39. The smallest absolute Gasteiger partial charge is 0.322 e. The summed E-state index contributed by atoms with van der Waals surface area (Å²) < 4.78 is 5.51. The second-order valence-corrected chi connectivity index (χ2v) is 7.33. The molecule has 1 N–H and O–H groups in total. The van der Waals surface area contributed by atoms with Gasteiger partial charge in [0.1, 0.15) is 12.6 Å². The topological polar surface area (TPSA) is 58.6 Å². The van der Waals surface area contributed by atoms with Gasteiger partial charge in [0.2, 0.25) is 0 Å². The van der Waals surface area contributed by atoms with Gasteiger partial charge in [-0.1, -0.05) is 52.3 Å². The maximum atomic E-state index is 12.9. The first kappa shape index (κ1) is 18.6. The summed E-state index contributed by atoms with van der Waals surface area (Å²) in [5.74, 6) is -0.605. The number of alkyl halides is 1. The third-order valence-corrected chi connectivity index (χ3v) is 5.32. The van der Waals surface area contributed by atoms with Crippen LogP contribution in [-0.2, 0) is 9.53 Å². The minimum atomic E-state index is -0.372. The zero-order valence-electron chi connectivity index (χ0n) is 14.3. The number of carbonyl (C=O) groups is 2. The van der Waals surface area contributed by atoms with E-state index >= 15 is 0 Å². The quantitative estimate of drug-likeness (QED) is 0.443. The Hall–Kier alpha value is -2.18. The third-order valence-electron chi connectivity index (χ3n) is 4.27. The van der Waals surface area contributed by atoms with Crippen LogP contribution >= 0.6 is 15.9 Å². The monoisotopic (exact) mass is 416 g/mol. The van der Waals surface area contributed by atoms with Crippen molar-refractivity contribution in [2.45, 2.75) is 30.2 Å². The Morgan fingerprint density at radius 1 is 1.04 bits per heavy atom. The number of hydrogen-bond donors (Lipinski definition) is 1. The zero-order valence-corrected chi connectivity index (χ0v) is 15.9. The highest BCUT2D eigenvalue weighted by Crippen LogP contribution is 2.28. The maximum absolute atomic E-state index is 12.9. The number of rotatable bonds is 6. The second kappa shape index (κ2) is 8.96. The lowest BCUT2D eigenvalue weighted by Gasteiger charge is -2.24. The van der Waals surface area contributed by atoms with Crippen molar-refractivity contribution < 1.29 is 14.3 Å². The molecule has 1 amide bonds. The van der Waals surface area contributed by atoms with E-state index in [1.165, 1.54) is 5.01 Å². The number of carbonyl (C=O) groups excluding carboxylic acids is 2. The number of para-hydroxylation sites is 1.